The highest BCUT2D eigenvalue weighted by Gasteiger charge is 2.28. The van der Waals surface area contributed by atoms with Crippen LogP contribution in [0.1, 0.15) is 33.1 Å². The van der Waals surface area contributed by atoms with E-state index >= 15 is 0 Å². The van der Waals surface area contributed by atoms with Crippen LogP contribution in [0.4, 0.5) is 0 Å². The Morgan fingerprint density at radius 1 is 1.17 bits per heavy atom. The lowest BCUT2D eigenvalue weighted by Crippen LogP contribution is -2.27. The van der Waals surface area contributed by atoms with Gasteiger partial charge in [-0.2, -0.15) is 0 Å². The SMILES string of the molecule is CC1=C(C(C)[Si](C)(C)C)CCC1. The number of hydrogen-bond donors (Lipinski definition) is 0. The van der Waals surface area contributed by atoms with Gasteiger partial charge in [0.2, 0.25) is 0 Å². The van der Waals surface area contributed by atoms with Crippen LogP contribution in [0.5, 0.6) is 0 Å². The van der Waals surface area contributed by atoms with Crippen LogP contribution in [0.15, 0.2) is 11.1 Å². The second-order valence-electron chi connectivity index (χ2n) is 5.25. The Balaban J connectivity index is 2.77. The van der Waals surface area contributed by atoms with Crippen LogP contribution in [-0.4, -0.2) is 8.07 Å². The van der Waals surface area contributed by atoms with E-state index in [2.05, 4.69) is 33.5 Å². The van der Waals surface area contributed by atoms with E-state index in [4.69, 9.17) is 0 Å². The normalized spacial score (nSPS) is 21.8. The molecular weight excluding hydrogens is 160 g/mol. The van der Waals surface area contributed by atoms with Crippen molar-refractivity contribution in [3.63, 3.8) is 0 Å². The molecule has 0 amide bonds. The maximum absolute atomic E-state index is 2.48. The zero-order chi connectivity index (χ0) is 9.35. The zero-order valence-electron chi connectivity index (χ0n) is 9.20. The van der Waals surface area contributed by atoms with Gasteiger partial charge in [0.15, 0.2) is 0 Å². The Morgan fingerprint density at radius 3 is 2.08 bits per heavy atom. The van der Waals surface area contributed by atoms with Crippen LogP contribution in [0.3, 0.4) is 0 Å². The second-order valence-corrected chi connectivity index (χ2v) is 10.8. The molecule has 0 N–H and O–H groups in total. The van der Waals surface area contributed by atoms with Gasteiger partial charge in [-0.3, -0.25) is 0 Å². The molecule has 0 aliphatic heterocycles. The Kier molecular flexibility index (Phi) is 2.82. The van der Waals surface area contributed by atoms with Gasteiger partial charge in [-0.05, 0) is 31.7 Å². The van der Waals surface area contributed by atoms with Gasteiger partial charge >= 0.3 is 0 Å². The van der Waals surface area contributed by atoms with Gasteiger partial charge in [0, 0.05) is 0 Å². The lowest BCUT2D eigenvalue weighted by Gasteiger charge is -2.27. The molecule has 1 aliphatic rings. The van der Waals surface area contributed by atoms with Gasteiger partial charge in [0.25, 0.3) is 0 Å². The topological polar surface area (TPSA) is 0 Å². The molecule has 0 saturated carbocycles. The highest BCUT2D eigenvalue weighted by Crippen LogP contribution is 2.39. The van der Waals surface area contributed by atoms with Crippen LogP contribution >= 0.6 is 0 Å². The van der Waals surface area contributed by atoms with Crippen LogP contribution in [0.2, 0.25) is 25.2 Å². The standard InChI is InChI=1S/C11H22Si/c1-9-7-6-8-11(9)10(2)12(3,4)5/h10H,6-8H2,1-5H3. The van der Waals surface area contributed by atoms with Crippen LogP contribution in [0.25, 0.3) is 0 Å². The largest absolute Gasteiger partial charge is 0.0741 e. The molecule has 0 aromatic carbocycles. The first-order valence-electron chi connectivity index (χ1n) is 5.11. The van der Waals surface area contributed by atoms with Gasteiger partial charge < -0.3 is 0 Å². The predicted octanol–water partition coefficient (Wildman–Crippen LogP) is 4.22. The fourth-order valence-electron chi connectivity index (χ4n) is 2.03. The molecule has 0 nitrogen and oxygen atoms in total. The molecule has 0 aromatic rings. The number of rotatable bonds is 2. The lowest BCUT2D eigenvalue weighted by molar-refractivity contribution is 0.864. The molecular formula is C11H22Si. The van der Waals surface area contributed by atoms with Crippen molar-refractivity contribution in [3.8, 4) is 0 Å². The third kappa shape index (κ3) is 2.01. The molecule has 0 heterocycles. The summed E-state index contributed by atoms with van der Waals surface area (Å²) in [4.78, 5) is 0. The molecule has 0 spiro atoms. The van der Waals surface area contributed by atoms with Gasteiger partial charge in [-0.25, -0.2) is 0 Å². The number of allylic oxidation sites excluding steroid dienone is 2. The summed E-state index contributed by atoms with van der Waals surface area (Å²) < 4.78 is 0. The van der Waals surface area contributed by atoms with Crippen molar-refractivity contribution in [2.24, 2.45) is 0 Å². The molecule has 1 heteroatoms. The Morgan fingerprint density at radius 2 is 1.75 bits per heavy atom. The molecule has 0 fully saturated rings. The van der Waals surface area contributed by atoms with E-state index in [0.29, 0.717) is 0 Å². The third-order valence-electron chi connectivity index (χ3n) is 3.37. The van der Waals surface area contributed by atoms with E-state index in [1.54, 1.807) is 11.1 Å². The van der Waals surface area contributed by atoms with Crippen LogP contribution in [0, 0.1) is 0 Å². The van der Waals surface area contributed by atoms with E-state index in [9.17, 15) is 0 Å². The summed E-state index contributed by atoms with van der Waals surface area (Å²) in [5.74, 6) is 0. The maximum atomic E-state index is 2.48. The fraction of sp³-hybridized carbons (Fsp3) is 0.818. The van der Waals surface area contributed by atoms with Crippen molar-refractivity contribution in [2.45, 2.75) is 58.3 Å². The van der Waals surface area contributed by atoms with E-state index < -0.39 is 8.07 Å². The Bertz CT molecular complexity index is 196. The highest BCUT2D eigenvalue weighted by molar-refractivity contribution is 6.78. The molecule has 70 valence electrons. The first-order valence-corrected chi connectivity index (χ1v) is 8.69. The fourth-order valence-corrected chi connectivity index (χ4v) is 3.46. The van der Waals surface area contributed by atoms with Crippen molar-refractivity contribution in [3.05, 3.63) is 11.1 Å². The molecule has 0 radical (unpaired) electrons. The summed E-state index contributed by atoms with van der Waals surface area (Å²) in [6, 6.07) is 0. The smallest absolute Gasteiger partial charge is 0.0513 e. The van der Waals surface area contributed by atoms with E-state index in [1.165, 1.54) is 19.3 Å². The van der Waals surface area contributed by atoms with Crippen molar-refractivity contribution in [1.82, 2.24) is 0 Å². The monoisotopic (exact) mass is 182 g/mol. The average Bonchev–Trinajstić information content (AvgIpc) is 2.31. The van der Waals surface area contributed by atoms with Crippen molar-refractivity contribution in [1.29, 1.82) is 0 Å². The minimum absolute atomic E-state index is 0.903. The summed E-state index contributed by atoms with van der Waals surface area (Å²) in [5, 5.41) is 0. The first-order chi connectivity index (χ1) is 5.43. The van der Waals surface area contributed by atoms with Gasteiger partial charge in [-0.1, -0.05) is 37.7 Å². The molecule has 0 bridgehead atoms. The predicted molar refractivity (Wildman–Crippen MR) is 59.3 cm³/mol. The summed E-state index contributed by atoms with van der Waals surface area (Å²) in [5.41, 5.74) is 4.40. The second kappa shape index (κ2) is 3.37. The minimum atomic E-state index is -0.925. The van der Waals surface area contributed by atoms with Crippen LogP contribution in [-0.2, 0) is 0 Å². The lowest BCUT2D eigenvalue weighted by atomic mass is 10.1. The van der Waals surface area contributed by atoms with Crippen molar-refractivity contribution in [2.75, 3.05) is 0 Å². The molecule has 1 atom stereocenters. The van der Waals surface area contributed by atoms with Crippen molar-refractivity contribution >= 4 is 8.07 Å². The average molecular weight is 182 g/mol. The highest BCUT2D eigenvalue weighted by atomic mass is 28.3. The Labute approximate surface area is 78.1 Å². The third-order valence-corrected chi connectivity index (χ3v) is 6.31. The molecule has 12 heavy (non-hydrogen) atoms. The molecule has 0 aromatic heterocycles. The molecule has 1 rings (SSSR count). The van der Waals surface area contributed by atoms with E-state index in [1.807, 2.05) is 0 Å². The minimum Gasteiger partial charge on any atom is -0.0741 e. The van der Waals surface area contributed by atoms with E-state index in [-0.39, 0.29) is 0 Å². The quantitative estimate of drug-likeness (QED) is 0.443. The van der Waals surface area contributed by atoms with Gasteiger partial charge in [0.1, 0.15) is 0 Å². The Hall–Kier alpha value is -0.0431. The summed E-state index contributed by atoms with van der Waals surface area (Å²) >= 11 is 0. The van der Waals surface area contributed by atoms with Gasteiger partial charge in [-0.15, -0.1) is 0 Å². The maximum Gasteiger partial charge on any atom is 0.0513 e. The van der Waals surface area contributed by atoms with Gasteiger partial charge in [0.05, 0.1) is 8.07 Å². The molecule has 0 saturated heterocycles. The first kappa shape index (κ1) is 10.0. The number of hydrogen-bond acceptors (Lipinski definition) is 0. The zero-order valence-corrected chi connectivity index (χ0v) is 10.2. The van der Waals surface area contributed by atoms with Crippen molar-refractivity contribution < 1.29 is 0 Å². The summed E-state index contributed by atoms with van der Waals surface area (Å²) in [7, 11) is -0.925. The van der Waals surface area contributed by atoms with Crippen LogP contribution < -0.4 is 0 Å². The molecule has 1 unspecified atom stereocenters. The van der Waals surface area contributed by atoms with E-state index in [0.717, 1.165) is 5.54 Å². The molecule has 1 aliphatic carbocycles. The summed E-state index contributed by atoms with van der Waals surface area (Å²) in [6.07, 6.45) is 4.16. The summed E-state index contributed by atoms with van der Waals surface area (Å²) in [6.45, 7) is 12.2.